The van der Waals surface area contributed by atoms with Gasteiger partial charge in [-0.1, -0.05) is 55.5 Å². The monoisotopic (exact) mass is 465 g/mol. The average molecular weight is 466 g/mol. The number of carbonyl (C=O) groups is 1. The predicted molar refractivity (Wildman–Crippen MR) is 142 cm³/mol. The van der Waals surface area contributed by atoms with Gasteiger partial charge in [0.25, 0.3) is 5.91 Å². The predicted octanol–water partition coefficient (Wildman–Crippen LogP) is 6.00. The van der Waals surface area contributed by atoms with Crippen LogP contribution in [0.15, 0.2) is 72.8 Å². The van der Waals surface area contributed by atoms with Crippen LogP contribution in [0.5, 0.6) is 0 Å². The first kappa shape index (κ1) is 24.7. The number of rotatable bonds is 10. The standard InChI is InChI=1S/C31H35N3O/c1-2-19-34(30-17-16-28-21-24(23-32)10-11-29(28)22-30)20-7-6-18-33-31(35)27-14-12-26(13-15-27)25-8-4-3-5-9-25/h3-5,8-15,21,30H,2,6-7,16-20,22H2,1H3,(H,33,35). The molecule has 0 saturated carbocycles. The Morgan fingerprint density at radius 1 is 0.971 bits per heavy atom. The van der Waals surface area contributed by atoms with Crippen LogP contribution < -0.4 is 5.32 Å². The first-order valence-electron chi connectivity index (χ1n) is 12.9. The zero-order valence-corrected chi connectivity index (χ0v) is 20.7. The number of amides is 1. The Morgan fingerprint density at radius 3 is 2.49 bits per heavy atom. The second-order valence-electron chi connectivity index (χ2n) is 9.43. The van der Waals surface area contributed by atoms with Gasteiger partial charge in [-0.25, -0.2) is 0 Å². The smallest absolute Gasteiger partial charge is 0.251 e. The van der Waals surface area contributed by atoms with Gasteiger partial charge in [0.15, 0.2) is 0 Å². The van der Waals surface area contributed by atoms with E-state index in [1.165, 1.54) is 11.1 Å². The van der Waals surface area contributed by atoms with Crippen molar-refractivity contribution in [2.24, 2.45) is 0 Å². The van der Waals surface area contributed by atoms with E-state index in [0.29, 0.717) is 18.2 Å². The van der Waals surface area contributed by atoms with Gasteiger partial charge in [-0.05, 0) is 98.1 Å². The summed E-state index contributed by atoms with van der Waals surface area (Å²) in [4.78, 5) is 15.2. The molecule has 4 rings (SSSR count). The van der Waals surface area contributed by atoms with Crippen molar-refractivity contribution in [2.75, 3.05) is 19.6 Å². The molecule has 1 aliphatic carbocycles. The van der Waals surface area contributed by atoms with Crippen LogP contribution in [0.2, 0.25) is 0 Å². The molecule has 0 aromatic heterocycles. The van der Waals surface area contributed by atoms with E-state index in [1.807, 2.05) is 48.5 Å². The average Bonchev–Trinajstić information content (AvgIpc) is 2.92. The summed E-state index contributed by atoms with van der Waals surface area (Å²) in [7, 11) is 0. The lowest BCUT2D eigenvalue weighted by molar-refractivity contribution is 0.0952. The lowest BCUT2D eigenvalue weighted by atomic mass is 9.86. The Kier molecular flexibility index (Phi) is 8.70. The van der Waals surface area contributed by atoms with Crippen molar-refractivity contribution < 1.29 is 4.79 Å². The minimum absolute atomic E-state index is 0.00403. The molecule has 1 N–H and O–H groups in total. The number of nitrogens with one attached hydrogen (secondary N) is 1. The number of benzene rings is 3. The van der Waals surface area contributed by atoms with E-state index in [0.717, 1.165) is 68.3 Å². The fourth-order valence-corrected chi connectivity index (χ4v) is 5.07. The third-order valence-corrected chi connectivity index (χ3v) is 6.98. The molecule has 0 radical (unpaired) electrons. The third kappa shape index (κ3) is 6.59. The fourth-order valence-electron chi connectivity index (χ4n) is 5.07. The number of fused-ring (bicyclic) bond motifs is 1. The van der Waals surface area contributed by atoms with Crippen LogP contribution in [0.1, 0.15) is 59.7 Å². The van der Waals surface area contributed by atoms with Crippen molar-refractivity contribution >= 4 is 5.91 Å². The van der Waals surface area contributed by atoms with E-state index >= 15 is 0 Å². The minimum atomic E-state index is -0.00403. The van der Waals surface area contributed by atoms with E-state index in [1.54, 1.807) is 0 Å². The van der Waals surface area contributed by atoms with Gasteiger partial charge in [0, 0.05) is 18.2 Å². The fraction of sp³-hybridized carbons (Fsp3) is 0.355. The first-order valence-corrected chi connectivity index (χ1v) is 12.9. The Balaban J connectivity index is 1.22. The van der Waals surface area contributed by atoms with Crippen LogP contribution >= 0.6 is 0 Å². The number of unbranched alkanes of at least 4 members (excludes halogenated alkanes) is 1. The highest BCUT2D eigenvalue weighted by Gasteiger charge is 2.23. The molecule has 0 aliphatic heterocycles. The molecular weight excluding hydrogens is 430 g/mol. The molecule has 1 amide bonds. The van der Waals surface area contributed by atoms with Crippen molar-refractivity contribution in [1.82, 2.24) is 10.2 Å². The summed E-state index contributed by atoms with van der Waals surface area (Å²) in [6, 6.07) is 27.0. The van der Waals surface area contributed by atoms with Crippen LogP contribution in [0, 0.1) is 11.3 Å². The summed E-state index contributed by atoms with van der Waals surface area (Å²) in [5, 5.41) is 12.2. The van der Waals surface area contributed by atoms with Crippen molar-refractivity contribution in [3.63, 3.8) is 0 Å². The molecule has 3 aromatic carbocycles. The van der Waals surface area contributed by atoms with Crippen molar-refractivity contribution in [3.8, 4) is 17.2 Å². The Labute approximate surface area is 209 Å². The SMILES string of the molecule is CCCN(CCCCNC(=O)c1ccc(-c2ccccc2)cc1)C1CCc2cc(C#N)ccc2C1. The van der Waals surface area contributed by atoms with E-state index < -0.39 is 0 Å². The van der Waals surface area contributed by atoms with Crippen LogP contribution in [0.3, 0.4) is 0 Å². The molecule has 0 fully saturated rings. The number of nitrogens with zero attached hydrogens (tertiary/aromatic N) is 2. The lowest BCUT2D eigenvalue weighted by Gasteiger charge is -2.35. The number of hydrogen-bond acceptors (Lipinski definition) is 3. The Bertz CT molecular complexity index is 1150. The van der Waals surface area contributed by atoms with Crippen molar-refractivity contribution in [2.45, 2.75) is 51.5 Å². The van der Waals surface area contributed by atoms with E-state index in [4.69, 9.17) is 5.26 Å². The van der Waals surface area contributed by atoms with Gasteiger partial charge in [0.2, 0.25) is 0 Å². The Morgan fingerprint density at radius 2 is 1.74 bits per heavy atom. The van der Waals surface area contributed by atoms with Crippen LogP contribution in [-0.2, 0) is 12.8 Å². The third-order valence-electron chi connectivity index (χ3n) is 6.98. The summed E-state index contributed by atoms with van der Waals surface area (Å²) in [5.74, 6) is -0.00403. The lowest BCUT2D eigenvalue weighted by Crippen LogP contribution is -2.40. The molecule has 4 nitrogen and oxygen atoms in total. The number of carbonyl (C=O) groups excluding carboxylic acids is 1. The normalized spacial score (nSPS) is 14.8. The number of nitriles is 1. The molecule has 0 saturated heterocycles. The molecule has 0 spiro atoms. The molecule has 35 heavy (non-hydrogen) atoms. The second-order valence-corrected chi connectivity index (χ2v) is 9.43. The highest BCUT2D eigenvalue weighted by atomic mass is 16.1. The molecular formula is C31H35N3O. The molecule has 180 valence electrons. The minimum Gasteiger partial charge on any atom is -0.352 e. The summed E-state index contributed by atoms with van der Waals surface area (Å²) < 4.78 is 0. The maximum Gasteiger partial charge on any atom is 0.251 e. The highest BCUT2D eigenvalue weighted by Crippen LogP contribution is 2.26. The van der Waals surface area contributed by atoms with Crippen molar-refractivity contribution in [1.29, 1.82) is 5.26 Å². The molecule has 0 heterocycles. The van der Waals surface area contributed by atoms with Gasteiger partial charge in [-0.3, -0.25) is 4.79 Å². The molecule has 3 aromatic rings. The summed E-state index contributed by atoms with van der Waals surface area (Å²) in [5.41, 5.74) is 6.49. The number of hydrogen-bond donors (Lipinski definition) is 1. The van der Waals surface area contributed by atoms with Crippen LogP contribution in [-0.4, -0.2) is 36.5 Å². The van der Waals surface area contributed by atoms with Gasteiger partial charge in [-0.15, -0.1) is 0 Å². The molecule has 4 heteroatoms. The maximum absolute atomic E-state index is 12.6. The second kappa shape index (κ2) is 12.3. The quantitative estimate of drug-likeness (QED) is 0.373. The molecule has 0 bridgehead atoms. The van der Waals surface area contributed by atoms with E-state index in [9.17, 15) is 4.79 Å². The summed E-state index contributed by atoms with van der Waals surface area (Å²) >= 11 is 0. The Hall–Kier alpha value is -3.42. The maximum atomic E-state index is 12.6. The van der Waals surface area contributed by atoms with Crippen LogP contribution in [0.25, 0.3) is 11.1 Å². The summed E-state index contributed by atoms with van der Waals surface area (Å²) in [6.45, 7) is 5.11. The van der Waals surface area contributed by atoms with Gasteiger partial charge < -0.3 is 10.2 Å². The zero-order valence-electron chi connectivity index (χ0n) is 20.7. The first-order chi connectivity index (χ1) is 17.2. The van der Waals surface area contributed by atoms with Gasteiger partial charge in [0.05, 0.1) is 11.6 Å². The van der Waals surface area contributed by atoms with E-state index in [-0.39, 0.29) is 5.91 Å². The zero-order chi connectivity index (χ0) is 24.5. The van der Waals surface area contributed by atoms with E-state index in [2.05, 4.69) is 47.5 Å². The van der Waals surface area contributed by atoms with Gasteiger partial charge >= 0.3 is 0 Å². The summed E-state index contributed by atoms with van der Waals surface area (Å²) in [6.07, 6.45) is 6.46. The van der Waals surface area contributed by atoms with Crippen molar-refractivity contribution in [3.05, 3.63) is 95.1 Å². The largest absolute Gasteiger partial charge is 0.352 e. The number of aryl methyl sites for hydroxylation is 1. The molecule has 1 aliphatic rings. The molecule has 1 atom stereocenters. The highest BCUT2D eigenvalue weighted by molar-refractivity contribution is 5.94. The van der Waals surface area contributed by atoms with Crippen LogP contribution in [0.4, 0.5) is 0 Å². The van der Waals surface area contributed by atoms with Gasteiger partial charge in [-0.2, -0.15) is 5.26 Å². The topological polar surface area (TPSA) is 56.1 Å². The molecule has 1 unspecified atom stereocenters. The van der Waals surface area contributed by atoms with Gasteiger partial charge in [0.1, 0.15) is 0 Å².